The van der Waals surface area contributed by atoms with E-state index in [9.17, 15) is 0 Å². The average Bonchev–Trinajstić information content (AvgIpc) is 3.21. The fraction of sp³-hybridized carbons (Fsp3) is 0.500. The van der Waals surface area contributed by atoms with Gasteiger partial charge in [-0.2, -0.15) is 4.98 Å². The zero-order chi connectivity index (χ0) is 19.3. The van der Waals surface area contributed by atoms with Gasteiger partial charge in [0, 0.05) is 31.9 Å². The number of aromatic nitrogens is 4. The van der Waals surface area contributed by atoms with E-state index in [0.29, 0.717) is 37.7 Å². The molecule has 1 saturated heterocycles. The average molecular weight is 382 g/mol. The first-order valence-corrected chi connectivity index (χ1v) is 9.84. The standard InChI is InChI=1S/C20H26N6O2/c1-27-13-10-18-24-20(28-25-18)16-8-4-5-12-26(16)19-14-6-2-3-7-15(14)22-17(23-19)9-11-21/h2-3,6-7,16H,4-5,8-13,21H2,1H3/t16-/m1/s1. The molecule has 4 rings (SSSR count). The van der Waals surface area contributed by atoms with Crippen molar-refractivity contribution in [3.05, 3.63) is 41.8 Å². The van der Waals surface area contributed by atoms with E-state index in [1.807, 2.05) is 18.2 Å². The van der Waals surface area contributed by atoms with Crippen molar-refractivity contribution in [1.29, 1.82) is 0 Å². The number of fused-ring (bicyclic) bond motifs is 1. The molecule has 0 saturated carbocycles. The van der Waals surface area contributed by atoms with Crippen LogP contribution < -0.4 is 10.6 Å². The zero-order valence-corrected chi connectivity index (χ0v) is 16.2. The van der Waals surface area contributed by atoms with Crippen LogP contribution in [0.1, 0.15) is 42.8 Å². The van der Waals surface area contributed by atoms with Crippen molar-refractivity contribution in [3.63, 3.8) is 0 Å². The van der Waals surface area contributed by atoms with Crippen molar-refractivity contribution < 1.29 is 9.26 Å². The minimum absolute atomic E-state index is 0.0153. The summed E-state index contributed by atoms with van der Waals surface area (Å²) < 4.78 is 10.7. The number of nitrogens with zero attached hydrogens (tertiary/aromatic N) is 5. The Morgan fingerprint density at radius 1 is 1.14 bits per heavy atom. The van der Waals surface area contributed by atoms with Gasteiger partial charge in [0.15, 0.2) is 5.82 Å². The Kier molecular flexibility index (Phi) is 5.78. The van der Waals surface area contributed by atoms with Crippen LogP contribution in [0.5, 0.6) is 0 Å². The fourth-order valence-electron chi connectivity index (χ4n) is 3.71. The summed E-state index contributed by atoms with van der Waals surface area (Å²) in [6.07, 6.45) is 4.47. The van der Waals surface area contributed by atoms with E-state index in [0.717, 1.165) is 48.4 Å². The molecule has 3 aromatic rings. The van der Waals surface area contributed by atoms with Gasteiger partial charge in [-0.1, -0.05) is 17.3 Å². The van der Waals surface area contributed by atoms with E-state index in [-0.39, 0.29) is 6.04 Å². The molecule has 2 aromatic heterocycles. The van der Waals surface area contributed by atoms with Gasteiger partial charge in [-0.25, -0.2) is 9.97 Å². The lowest BCUT2D eigenvalue weighted by atomic mass is 10.0. The number of para-hydroxylation sites is 1. The van der Waals surface area contributed by atoms with Gasteiger partial charge >= 0.3 is 0 Å². The summed E-state index contributed by atoms with van der Waals surface area (Å²) in [7, 11) is 1.67. The summed E-state index contributed by atoms with van der Waals surface area (Å²) in [6.45, 7) is 1.99. The number of rotatable bonds is 7. The van der Waals surface area contributed by atoms with E-state index in [1.165, 1.54) is 0 Å². The maximum absolute atomic E-state index is 5.76. The van der Waals surface area contributed by atoms with Crippen LogP contribution in [0, 0.1) is 0 Å². The number of piperidine rings is 1. The van der Waals surface area contributed by atoms with Gasteiger partial charge in [-0.3, -0.25) is 0 Å². The summed E-state index contributed by atoms with van der Waals surface area (Å²) in [5.41, 5.74) is 6.69. The first-order valence-electron chi connectivity index (χ1n) is 9.84. The van der Waals surface area contributed by atoms with Crippen molar-refractivity contribution in [2.45, 2.75) is 38.1 Å². The smallest absolute Gasteiger partial charge is 0.249 e. The first-order chi connectivity index (χ1) is 13.8. The molecule has 1 atom stereocenters. The van der Waals surface area contributed by atoms with Crippen molar-refractivity contribution in [1.82, 2.24) is 20.1 Å². The number of ether oxygens (including phenoxy) is 1. The van der Waals surface area contributed by atoms with Crippen LogP contribution in [0.4, 0.5) is 5.82 Å². The third-order valence-corrected chi connectivity index (χ3v) is 5.07. The Bertz CT molecular complexity index is 928. The third-order valence-electron chi connectivity index (χ3n) is 5.07. The summed E-state index contributed by atoms with van der Waals surface area (Å²) >= 11 is 0. The van der Waals surface area contributed by atoms with Crippen molar-refractivity contribution in [3.8, 4) is 0 Å². The van der Waals surface area contributed by atoms with Gasteiger partial charge in [0.1, 0.15) is 17.7 Å². The van der Waals surface area contributed by atoms with E-state index in [1.54, 1.807) is 7.11 Å². The molecule has 2 N–H and O–H groups in total. The van der Waals surface area contributed by atoms with Gasteiger partial charge in [0.05, 0.1) is 12.1 Å². The summed E-state index contributed by atoms with van der Waals surface area (Å²) in [5.74, 6) is 3.02. The molecule has 1 aliphatic rings. The van der Waals surface area contributed by atoms with Crippen molar-refractivity contribution >= 4 is 16.7 Å². The molecule has 0 radical (unpaired) electrons. The van der Waals surface area contributed by atoms with Crippen LogP contribution in [-0.2, 0) is 17.6 Å². The lowest BCUT2D eigenvalue weighted by Crippen LogP contribution is -2.34. The second-order valence-corrected chi connectivity index (χ2v) is 7.02. The normalized spacial score (nSPS) is 17.4. The van der Waals surface area contributed by atoms with E-state index < -0.39 is 0 Å². The number of hydrogen-bond acceptors (Lipinski definition) is 8. The highest BCUT2D eigenvalue weighted by Gasteiger charge is 2.31. The third kappa shape index (κ3) is 3.83. The Labute approximate surface area is 164 Å². The maximum atomic E-state index is 5.76. The molecule has 1 aromatic carbocycles. The van der Waals surface area contributed by atoms with Gasteiger partial charge < -0.3 is 19.9 Å². The second kappa shape index (κ2) is 8.62. The number of anilines is 1. The molecule has 0 bridgehead atoms. The largest absolute Gasteiger partial charge is 0.384 e. The molecule has 28 heavy (non-hydrogen) atoms. The molecule has 1 fully saturated rings. The highest BCUT2D eigenvalue weighted by atomic mass is 16.5. The minimum Gasteiger partial charge on any atom is -0.384 e. The molecule has 0 unspecified atom stereocenters. The second-order valence-electron chi connectivity index (χ2n) is 7.02. The highest BCUT2D eigenvalue weighted by molar-refractivity contribution is 5.89. The van der Waals surface area contributed by atoms with E-state index in [2.05, 4.69) is 26.1 Å². The van der Waals surface area contributed by atoms with E-state index >= 15 is 0 Å². The SMILES string of the molecule is COCCc1noc([C@H]2CCCCN2c2nc(CCN)nc3ccccc23)n1. The molecule has 8 heteroatoms. The summed E-state index contributed by atoms with van der Waals surface area (Å²) in [6, 6.07) is 8.13. The number of nitrogens with two attached hydrogens (primary N) is 1. The van der Waals surface area contributed by atoms with Crippen molar-refractivity contribution in [2.75, 3.05) is 31.7 Å². The molecule has 0 spiro atoms. The van der Waals surface area contributed by atoms with Gasteiger partial charge in [-0.15, -0.1) is 0 Å². The van der Waals surface area contributed by atoms with Crippen LogP contribution >= 0.6 is 0 Å². The van der Waals surface area contributed by atoms with Crippen LogP contribution in [0.15, 0.2) is 28.8 Å². The lowest BCUT2D eigenvalue weighted by molar-refractivity contribution is 0.199. The van der Waals surface area contributed by atoms with Gasteiger partial charge in [0.25, 0.3) is 0 Å². The molecule has 0 aliphatic carbocycles. The molecule has 148 valence electrons. The maximum Gasteiger partial charge on any atom is 0.249 e. The van der Waals surface area contributed by atoms with Gasteiger partial charge in [-0.05, 0) is 37.9 Å². The molecular weight excluding hydrogens is 356 g/mol. The van der Waals surface area contributed by atoms with Crippen LogP contribution in [0.3, 0.4) is 0 Å². The predicted octanol–water partition coefficient (Wildman–Crippen LogP) is 2.43. The predicted molar refractivity (Wildman–Crippen MR) is 106 cm³/mol. The quantitative estimate of drug-likeness (QED) is 0.664. The van der Waals surface area contributed by atoms with Gasteiger partial charge in [0.2, 0.25) is 5.89 Å². The number of hydrogen-bond donors (Lipinski definition) is 1. The Balaban J connectivity index is 1.72. The fourth-order valence-corrected chi connectivity index (χ4v) is 3.71. The zero-order valence-electron chi connectivity index (χ0n) is 16.2. The number of benzene rings is 1. The van der Waals surface area contributed by atoms with Crippen LogP contribution in [0.2, 0.25) is 0 Å². The summed E-state index contributed by atoms with van der Waals surface area (Å²) in [4.78, 5) is 16.5. The monoisotopic (exact) mass is 382 g/mol. The molecule has 3 heterocycles. The Hall–Kier alpha value is -2.58. The van der Waals surface area contributed by atoms with E-state index in [4.69, 9.17) is 20.0 Å². The highest BCUT2D eigenvalue weighted by Crippen LogP contribution is 2.36. The lowest BCUT2D eigenvalue weighted by Gasteiger charge is -2.35. The van der Waals surface area contributed by atoms with Crippen LogP contribution in [-0.4, -0.2) is 46.9 Å². The number of methoxy groups -OCH3 is 1. The molecule has 0 amide bonds. The first kappa shape index (κ1) is 18.8. The Morgan fingerprint density at radius 3 is 2.89 bits per heavy atom. The van der Waals surface area contributed by atoms with Crippen LogP contribution in [0.25, 0.3) is 10.9 Å². The topological polar surface area (TPSA) is 103 Å². The molecule has 8 nitrogen and oxygen atoms in total. The molecule has 1 aliphatic heterocycles. The molecular formula is C20H26N6O2. The summed E-state index contributed by atoms with van der Waals surface area (Å²) in [5, 5.41) is 5.16. The minimum atomic E-state index is 0.0153. The Morgan fingerprint density at radius 2 is 2.04 bits per heavy atom. The van der Waals surface area contributed by atoms with Crippen molar-refractivity contribution in [2.24, 2.45) is 5.73 Å².